The maximum absolute atomic E-state index is 12.5. The summed E-state index contributed by atoms with van der Waals surface area (Å²) in [6.07, 6.45) is 2.49. The predicted octanol–water partition coefficient (Wildman–Crippen LogP) is 3.56. The van der Waals surface area contributed by atoms with Gasteiger partial charge in [-0.25, -0.2) is 0 Å². The Morgan fingerprint density at radius 2 is 1.71 bits per heavy atom. The predicted molar refractivity (Wildman–Crippen MR) is 95.4 cm³/mol. The molecule has 1 heterocycles. The topological polar surface area (TPSA) is 50.8 Å². The molecule has 1 N–H and O–H groups in total. The molecule has 0 spiro atoms. The number of benzene rings is 2. The number of hydrogen-bond donors (Lipinski definition) is 1. The van der Waals surface area contributed by atoms with Gasteiger partial charge < -0.3 is 19.7 Å². The molecule has 5 heteroatoms. The molecular weight excluding hydrogens is 304 g/mol. The standard InChI is InChI=1S/C19H22N2O3/c1-23-16-9-10-18(24-2)17(13-16)19(22)20-14-5-7-15(8-6-14)21-11-3-4-12-21/h5-10,13H,3-4,11-12H2,1-2H3,(H,20,22). The molecule has 24 heavy (non-hydrogen) atoms. The molecule has 1 aliphatic rings. The van der Waals surface area contributed by atoms with Crippen LogP contribution in [0.5, 0.6) is 11.5 Å². The van der Waals surface area contributed by atoms with Crippen molar-refractivity contribution in [3.8, 4) is 11.5 Å². The fourth-order valence-corrected chi connectivity index (χ4v) is 2.92. The van der Waals surface area contributed by atoms with E-state index in [-0.39, 0.29) is 5.91 Å². The molecule has 0 bridgehead atoms. The van der Waals surface area contributed by atoms with Crippen molar-refractivity contribution < 1.29 is 14.3 Å². The zero-order chi connectivity index (χ0) is 16.9. The number of hydrogen-bond acceptors (Lipinski definition) is 4. The van der Waals surface area contributed by atoms with Crippen molar-refractivity contribution >= 4 is 17.3 Å². The molecule has 5 nitrogen and oxygen atoms in total. The summed E-state index contributed by atoms with van der Waals surface area (Å²) >= 11 is 0. The first-order valence-corrected chi connectivity index (χ1v) is 8.09. The van der Waals surface area contributed by atoms with Gasteiger partial charge in [-0.05, 0) is 55.3 Å². The largest absolute Gasteiger partial charge is 0.497 e. The third-order valence-electron chi connectivity index (χ3n) is 4.25. The van der Waals surface area contributed by atoms with E-state index in [0.717, 1.165) is 18.8 Å². The van der Waals surface area contributed by atoms with E-state index in [1.165, 1.54) is 18.5 Å². The lowest BCUT2D eigenvalue weighted by Crippen LogP contribution is -2.17. The summed E-state index contributed by atoms with van der Waals surface area (Å²) in [5.74, 6) is 0.909. The lowest BCUT2D eigenvalue weighted by Gasteiger charge is -2.18. The lowest BCUT2D eigenvalue weighted by atomic mass is 10.1. The van der Waals surface area contributed by atoms with Crippen LogP contribution in [0, 0.1) is 0 Å². The van der Waals surface area contributed by atoms with Gasteiger partial charge in [0.1, 0.15) is 11.5 Å². The van der Waals surface area contributed by atoms with E-state index in [0.29, 0.717) is 17.1 Å². The van der Waals surface area contributed by atoms with Crippen molar-refractivity contribution in [2.45, 2.75) is 12.8 Å². The van der Waals surface area contributed by atoms with Gasteiger partial charge in [0.25, 0.3) is 5.91 Å². The van der Waals surface area contributed by atoms with Crippen molar-refractivity contribution in [3.05, 3.63) is 48.0 Å². The van der Waals surface area contributed by atoms with Crippen LogP contribution in [-0.2, 0) is 0 Å². The Morgan fingerprint density at radius 1 is 1.00 bits per heavy atom. The molecule has 0 aromatic heterocycles. The molecule has 1 saturated heterocycles. The number of nitrogens with zero attached hydrogens (tertiary/aromatic N) is 1. The summed E-state index contributed by atoms with van der Waals surface area (Å²) in [6.45, 7) is 2.21. The van der Waals surface area contributed by atoms with Gasteiger partial charge in [-0.1, -0.05) is 0 Å². The number of rotatable bonds is 5. The molecule has 1 fully saturated rings. The molecule has 126 valence electrons. The fraction of sp³-hybridized carbons (Fsp3) is 0.316. The number of methoxy groups -OCH3 is 2. The highest BCUT2D eigenvalue weighted by Crippen LogP contribution is 2.26. The summed E-state index contributed by atoms with van der Waals surface area (Å²) in [5.41, 5.74) is 2.40. The first-order valence-electron chi connectivity index (χ1n) is 8.09. The van der Waals surface area contributed by atoms with Crippen LogP contribution in [0.2, 0.25) is 0 Å². The molecule has 0 aliphatic carbocycles. The van der Waals surface area contributed by atoms with Gasteiger partial charge in [-0.2, -0.15) is 0 Å². The van der Waals surface area contributed by atoms with Crippen molar-refractivity contribution in [1.29, 1.82) is 0 Å². The molecule has 1 aliphatic heterocycles. The minimum atomic E-state index is -0.223. The number of carbonyl (C=O) groups excluding carboxylic acids is 1. The van der Waals surface area contributed by atoms with Gasteiger partial charge in [0.15, 0.2) is 0 Å². The van der Waals surface area contributed by atoms with Gasteiger partial charge in [0.2, 0.25) is 0 Å². The van der Waals surface area contributed by atoms with E-state index in [9.17, 15) is 4.79 Å². The van der Waals surface area contributed by atoms with Crippen molar-refractivity contribution in [3.63, 3.8) is 0 Å². The average Bonchev–Trinajstić information content (AvgIpc) is 3.16. The lowest BCUT2D eigenvalue weighted by molar-refractivity contribution is 0.102. The van der Waals surface area contributed by atoms with Gasteiger partial charge in [0.05, 0.1) is 19.8 Å². The third-order valence-corrected chi connectivity index (χ3v) is 4.25. The van der Waals surface area contributed by atoms with E-state index in [1.54, 1.807) is 32.4 Å². The normalized spacial score (nSPS) is 13.7. The first-order chi connectivity index (χ1) is 11.7. The Labute approximate surface area is 142 Å². The average molecular weight is 326 g/mol. The van der Waals surface area contributed by atoms with Crippen LogP contribution >= 0.6 is 0 Å². The van der Waals surface area contributed by atoms with E-state index in [2.05, 4.69) is 10.2 Å². The monoisotopic (exact) mass is 326 g/mol. The number of amides is 1. The van der Waals surface area contributed by atoms with Crippen LogP contribution in [0.1, 0.15) is 23.2 Å². The zero-order valence-corrected chi connectivity index (χ0v) is 14.0. The van der Waals surface area contributed by atoms with Crippen molar-refractivity contribution in [1.82, 2.24) is 0 Å². The van der Waals surface area contributed by atoms with Gasteiger partial charge >= 0.3 is 0 Å². The molecule has 0 radical (unpaired) electrons. The molecule has 2 aromatic carbocycles. The van der Waals surface area contributed by atoms with E-state index >= 15 is 0 Å². The highest BCUT2D eigenvalue weighted by atomic mass is 16.5. The zero-order valence-electron chi connectivity index (χ0n) is 14.0. The summed E-state index contributed by atoms with van der Waals surface area (Å²) < 4.78 is 10.5. The Balaban J connectivity index is 1.74. The minimum absolute atomic E-state index is 0.223. The first kappa shape index (κ1) is 16.2. The molecule has 3 rings (SSSR count). The van der Waals surface area contributed by atoms with E-state index in [1.807, 2.05) is 24.3 Å². The molecule has 0 unspecified atom stereocenters. The second kappa shape index (κ2) is 7.25. The van der Waals surface area contributed by atoms with Crippen LogP contribution in [0.15, 0.2) is 42.5 Å². The van der Waals surface area contributed by atoms with Crippen LogP contribution in [0.3, 0.4) is 0 Å². The number of nitrogens with one attached hydrogen (secondary N) is 1. The smallest absolute Gasteiger partial charge is 0.259 e. The highest BCUT2D eigenvalue weighted by Gasteiger charge is 2.15. The Morgan fingerprint density at radius 3 is 2.33 bits per heavy atom. The molecule has 0 atom stereocenters. The molecular formula is C19H22N2O3. The van der Waals surface area contributed by atoms with Crippen LogP contribution in [0.4, 0.5) is 11.4 Å². The third kappa shape index (κ3) is 3.45. The van der Waals surface area contributed by atoms with Crippen LogP contribution in [0.25, 0.3) is 0 Å². The Kier molecular flexibility index (Phi) is 4.89. The summed E-state index contributed by atoms with van der Waals surface area (Å²) in [6, 6.07) is 13.1. The quantitative estimate of drug-likeness (QED) is 0.913. The second-order valence-electron chi connectivity index (χ2n) is 5.76. The number of carbonyl (C=O) groups is 1. The van der Waals surface area contributed by atoms with E-state index in [4.69, 9.17) is 9.47 Å². The van der Waals surface area contributed by atoms with E-state index < -0.39 is 0 Å². The van der Waals surface area contributed by atoms with Gasteiger partial charge in [0, 0.05) is 24.5 Å². The van der Waals surface area contributed by atoms with Crippen LogP contribution < -0.4 is 19.7 Å². The van der Waals surface area contributed by atoms with Gasteiger partial charge in [-0.3, -0.25) is 4.79 Å². The highest BCUT2D eigenvalue weighted by molar-refractivity contribution is 6.06. The molecule has 1 amide bonds. The Hall–Kier alpha value is -2.69. The van der Waals surface area contributed by atoms with Crippen LogP contribution in [-0.4, -0.2) is 33.2 Å². The number of anilines is 2. The maximum Gasteiger partial charge on any atom is 0.259 e. The summed E-state index contributed by atoms with van der Waals surface area (Å²) in [5, 5.41) is 2.91. The maximum atomic E-state index is 12.5. The molecule has 2 aromatic rings. The van der Waals surface area contributed by atoms with Gasteiger partial charge in [-0.15, -0.1) is 0 Å². The Bertz CT molecular complexity index is 707. The number of ether oxygens (including phenoxy) is 2. The summed E-state index contributed by atoms with van der Waals surface area (Å²) in [4.78, 5) is 14.9. The summed E-state index contributed by atoms with van der Waals surface area (Å²) in [7, 11) is 3.12. The van der Waals surface area contributed by atoms with Crippen molar-refractivity contribution in [2.75, 3.05) is 37.5 Å². The molecule has 0 saturated carbocycles. The second-order valence-corrected chi connectivity index (χ2v) is 5.76. The van der Waals surface area contributed by atoms with Crippen molar-refractivity contribution in [2.24, 2.45) is 0 Å². The minimum Gasteiger partial charge on any atom is -0.497 e. The SMILES string of the molecule is COc1ccc(OC)c(C(=O)Nc2ccc(N3CCCC3)cc2)c1. The fourth-order valence-electron chi connectivity index (χ4n) is 2.92.